The molecule has 2 aromatic rings. The number of methoxy groups -OCH3 is 1. The molecule has 1 amide bonds. The number of nitrogens with zero attached hydrogens (tertiary/aromatic N) is 2. The predicted octanol–water partition coefficient (Wildman–Crippen LogP) is 3.11. The zero-order valence-electron chi connectivity index (χ0n) is 13.8. The van der Waals surface area contributed by atoms with Gasteiger partial charge in [0.2, 0.25) is 5.91 Å². The first-order chi connectivity index (χ1) is 11.9. The molecule has 8 heteroatoms. The second-order valence-electron chi connectivity index (χ2n) is 5.24. The minimum absolute atomic E-state index is 0.0331. The number of amides is 1. The van der Waals surface area contributed by atoms with Gasteiger partial charge in [0.25, 0.3) is 0 Å². The average molecular weight is 361 g/mol. The lowest BCUT2D eigenvalue weighted by molar-refractivity contribution is -0.116. The molecular formula is C17H17ClN4O3. The molecule has 0 spiro atoms. The van der Waals surface area contributed by atoms with Crippen molar-refractivity contribution in [1.82, 2.24) is 4.57 Å². The number of nitrogen functional groups attached to an aromatic ring is 1. The molecule has 130 valence electrons. The van der Waals surface area contributed by atoms with Crippen LogP contribution < -0.4 is 11.1 Å². The van der Waals surface area contributed by atoms with Gasteiger partial charge in [0.15, 0.2) is 5.69 Å². The largest absolute Gasteiger partial charge is 0.464 e. The molecule has 0 aliphatic rings. The van der Waals surface area contributed by atoms with Gasteiger partial charge in [0, 0.05) is 18.3 Å². The maximum absolute atomic E-state index is 12.0. The van der Waals surface area contributed by atoms with Crippen molar-refractivity contribution in [3.63, 3.8) is 0 Å². The van der Waals surface area contributed by atoms with Crippen LogP contribution in [0.3, 0.4) is 0 Å². The molecule has 7 nitrogen and oxygen atoms in total. The van der Waals surface area contributed by atoms with Crippen LogP contribution in [0.15, 0.2) is 24.4 Å². The second-order valence-corrected chi connectivity index (χ2v) is 5.65. The zero-order valence-corrected chi connectivity index (χ0v) is 14.6. The number of carbonyl (C=O) groups is 2. The number of hydrogen-bond donors (Lipinski definition) is 2. The molecule has 0 aliphatic heterocycles. The van der Waals surface area contributed by atoms with E-state index in [1.165, 1.54) is 17.9 Å². The van der Waals surface area contributed by atoms with Crippen LogP contribution in [0.1, 0.15) is 35.8 Å². The van der Waals surface area contributed by atoms with E-state index in [9.17, 15) is 9.59 Å². The number of ether oxygens (including phenoxy) is 1. The minimum atomic E-state index is -0.671. The number of esters is 1. The highest BCUT2D eigenvalue weighted by atomic mass is 35.5. The number of nitrogens with two attached hydrogens (primary N) is 1. The summed E-state index contributed by atoms with van der Waals surface area (Å²) in [6.07, 6.45) is 2.55. The Kier molecular flexibility index (Phi) is 5.67. The lowest BCUT2D eigenvalue weighted by Crippen LogP contribution is -2.12. The smallest absolute Gasteiger partial charge is 0.357 e. The van der Waals surface area contributed by atoms with Crippen LogP contribution >= 0.6 is 11.6 Å². The summed E-state index contributed by atoms with van der Waals surface area (Å²) in [7, 11) is 1.23. The maximum Gasteiger partial charge on any atom is 0.357 e. The Morgan fingerprint density at radius 3 is 2.72 bits per heavy atom. The van der Waals surface area contributed by atoms with Gasteiger partial charge in [0.05, 0.1) is 29.1 Å². The van der Waals surface area contributed by atoms with E-state index in [2.05, 4.69) is 5.32 Å². The first kappa shape index (κ1) is 18.4. The van der Waals surface area contributed by atoms with Crippen LogP contribution in [-0.4, -0.2) is 23.6 Å². The average Bonchev–Trinajstić information content (AvgIpc) is 2.92. The third kappa shape index (κ3) is 3.75. The standard InChI is InChI=1S/C17H17ClN4O3/c1-3-4-14(23)21-13-6-5-11(7-12(13)18)22-9-10(8-19)15(20)16(22)17(24)25-2/h5-7,9H,3-4,20H2,1-2H3,(H,21,23). The van der Waals surface area contributed by atoms with E-state index in [0.29, 0.717) is 22.8 Å². The van der Waals surface area contributed by atoms with Gasteiger partial charge < -0.3 is 20.4 Å². The summed E-state index contributed by atoms with van der Waals surface area (Å²) in [6, 6.07) is 6.77. The molecule has 0 bridgehead atoms. The highest BCUT2D eigenvalue weighted by molar-refractivity contribution is 6.33. The molecule has 0 aliphatic carbocycles. The van der Waals surface area contributed by atoms with Crippen LogP contribution in [-0.2, 0) is 9.53 Å². The molecule has 0 radical (unpaired) electrons. The molecule has 0 fully saturated rings. The molecule has 0 atom stereocenters. The molecule has 1 aromatic heterocycles. The van der Waals surface area contributed by atoms with Gasteiger partial charge in [-0.25, -0.2) is 4.79 Å². The summed E-state index contributed by atoms with van der Waals surface area (Å²) in [5.74, 6) is -0.806. The second kappa shape index (κ2) is 7.73. The highest BCUT2D eigenvalue weighted by Crippen LogP contribution is 2.29. The number of anilines is 2. The van der Waals surface area contributed by atoms with E-state index in [4.69, 9.17) is 27.3 Å². The van der Waals surface area contributed by atoms with Crippen molar-refractivity contribution in [2.24, 2.45) is 0 Å². The van der Waals surface area contributed by atoms with Crippen LogP contribution in [0.25, 0.3) is 5.69 Å². The number of rotatable bonds is 5. The number of hydrogen-bond acceptors (Lipinski definition) is 5. The number of nitriles is 1. The fourth-order valence-corrected chi connectivity index (χ4v) is 2.54. The van der Waals surface area contributed by atoms with E-state index in [1.54, 1.807) is 18.2 Å². The van der Waals surface area contributed by atoms with Crippen molar-refractivity contribution in [1.29, 1.82) is 5.26 Å². The molecule has 0 saturated heterocycles. The quantitative estimate of drug-likeness (QED) is 0.796. The lowest BCUT2D eigenvalue weighted by atomic mass is 10.2. The minimum Gasteiger partial charge on any atom is -0.464 e. The van der Waals surface area contributed by atoms with Gasteiger partial charge in [-0.2, -0.15) is 5.26 Å². The molecule has 0 unspecified atom stereocenters. The van der Waals surface area contributed by atoms with Crippen molar-refractivity contribution in [3.05, 3.63) is 40.7 Å². The van der Waals surface area contributed by atoms with Gasteiger partial charge in [0.1, 0.15) is 6.07 Å². The summed E-state index contributed by atoms with van der Waals surface area (Å²) < 4.78 is 6.17. The Balaban J connectivity index is 2.46. The highest BCUT2D eigenvalue weighted by Gasteiger charge is 2.22. The zero-order chi connectivity index (χ0) is 18.6. The van der Waals surface area contributed by atoms with Gasteiger partial charge >= 0.3 is 5.97 Å². The van der Waals surface area contributed by atoms with Gasteiger partial charge in [-0.3, -0.25) is 4.79 Å². The maximum atomic E-state index is 12.0. The SMILES string of the molecule is CCCC(=O)Nc1ccc(-n2cc(C#N)c(N)c2C(=O)OC)cc1Cl. The summed E-state index contributed by atoms with van der Waals surface area (Å²) in [5, 5.41) is 12.1. The van der Waals surface area contributed by atoms with Crippen molar-refractivity contribution in [3.8, 4) is 11.8 Å². The topological polar surface area (TPSA) is 110 Å². The third-order valence-corrected chi connectivity index (χ3v) is 3.84. The van der Waals surface area contributed by atoms with Crippen LogP contribution in [0.5, 0.6) is 0 Å². The summed E-state index contributed by atoms with van der Waals surface area (Å²) in [6.45, 7) is 1.90. The third-order valence-electron chi connectivity index (χ3n) is 3.53. The van der Waals surface area contributed by atoms with Gasteiger partial charge in [-0.05, 0) is 24.6 Å². The van der Waals surface area contributed by atoms with E-state index >= 15 is 0 Å². The fraction of sp³-hybridized carbons (Fsp3) is 0.235. The number of aromatic nitrogens is 1. The van der Waals surface area contributed by atoms with E-state index in [-0.39, 0.29) is 22.9 Å². The lowest BCUT2D eigenvalue weighted by Gasteiger charge is -2.12. The Morgan fingerprint density at radius 2 is 2.16 bits per heavy atom. The van der Waals surface area contributed by atoms with Gasteiger partial charge in [-0.15, -0.1) is 0 Å². The van der Waals surface area contributed by atoms with E-state index in [1.807, 2.05) is 13.0 Å². The molecule has 3 N–H and O–H groups in total. The molecule has 0 saturated carbocycles. The van der Waals surface area contributed by atoms with Crippen molar-refractivity contribution in [2.75, 3.05) is 18.2 Å². The fourth-order valence-electron chi connectivity index (χ4n) is 2.31. The Morgan fingerprint density at radius 1 is 1.44 bits per heavy atom. The van der Waals surface area contributed by atoms with Gasteiger partial charge in [-0.1, -0.05) is 18.5 Å². The van der Waals surface area contributed by atoms with Crippen molar-refractivity contribution in [2.45, 2.75) is 19.8 Å². The molecule has 1 aromatic carbocycles. The molecular weight excluding hydrogens is 344 g/mol. The monoisotopic (exact) mass is 360 g/mol. The Bertz CT molecular complexity index is 868. The molecule has 25 heavy (non-hydrogen) atoms. The predicted molar refractivity (Wildman–Crippen MR) is 94.8 cm³/mol. The number of nitrogens with one attached hydrogen (secondary N) is 1. The van der Waals surface area contributed by atoms with Crippen molar-refractivity contribution >= 4 is 34.9 Å². The van der Waals surface area contributed by atoms with E-state index < -0.39 is 5.97 Å². The van der Waals surface area contributed by atoms with Crippen molar-refractivity contribution < 1.29 is 14.3 Å². The number of carbonyl (C=O) groups excluding carboxylic acids is 2. The number of halogens is 1. The summed E-state index contributed by atoms with van der Waals surface area (Å²) >= 11 is 6.23. The van der Waals surface area contributed by atoms with E-state index in [0.717, 1.165) is 6.42 Å². The molecule has 2 rings (SSSR count). The Hall–Kier alpha value is -2.98. The Labute approximate surface area is 149 Å². The van der Waals surface area contributed by atoms with Crippen LogP contribution in [0, 0.1) is 11.3 Å². The van der Waals surface area contributed by atoms with Crippen LogP contribution in [0.2, 0.25) is 5.02 Å². The summed E-state index contributed by atoms with van der Waals surface area (Å²) in [5.41, 5.74) is 7.05. The first-order valence-corrected chi connectivity index (χ1v) is 7.89. The van der Waals surface area contributed by atoms with Crippen LogP contribution in [0.4, 0.5) is 11.4 Å². The summed E-state index contributed by atoms with van der Waals surface area (Å²) in [4.78, 5) is 23.7. The molecule has 1 heterocycles. The normalized spacial score (nSPS) is 10.2. The first-order valence-electron chi connectivity index (χ1n) is 7.51. The number of benzene rings is 1.